The molecule has 0 aliphatic rings. The summed E-state index contributed by atoms with van der Waals surface area (Å²) < 4.78 is 1.78. The minimum atomic E-state index is 0.0804. The fourth-order valence-corrected chi connectivity index (χ4v) is 1.88. The van der Waals surface area contributed by atoms with Gasteiger partial charge in [-0.2, -0.15) is 5.10 Å². The molecule has 0 saturated heterocycles. The molecule has 4 nitrogen and oxygen atoms in total. The van der Waals surface area contributed by atoms with E-state index in [0.29, 0.717) is 12.0 Å². The summed E-state index contributed by atoms with van der Waals surface area (Å²) >= 11 is 0. The van der Waals surface area contributed by atoms with Crippen LogP contribution in [0.5, 0.6) is 0 Å². The maximum absolute atomic E-state index is 12.1. The first-order valence-electron chi connectivity index (χ1n) is 6.06. The van der Waals surface area contributed by atoms with Crippen molar-refractivity contribution in [2.45, 2.75) is 26.7 Å². The minimum absolute atomic E-state index is 0.0804. The molecule has 0 bridgehead atoms. The molecule has 2 heterocycles. The van der Waals surface area contributed by atoms with Crippen molar-refractivity contribution < 1.29 is 4.79 Å². The molecule has 2 aromatic heterocycles. The molecule has 0 aromatic carbocycles. The van der Waals surface area contributed by atoms with E-state index in [-0.39, 0.29) is 5.78 Å². The third kappa shape index (κ3) is 2.64. The number of hydrogen-bond acceptors (Lipinski definition) is 3. The molecule has 0 fully saturated rings. The van der Waals surface area contributed by atoms with E-state index < -0.39 is 0 Å². The van der Waals surface area contributed by atoms with Crippen LogP contribution in [0.4, 0.5) is 0 Å². The average molecular weight is 243 g/mol. The summed E-state index contributed by atoms with van der Waals surface area (Å²) in [7, 11) is 1.87. The number of carbonyl (C=O) groups excluding carboxylic acids is 1. The zero-order valence-electron chi connectivity index (χ0n) is 11.0. The van der Waals surface area contributed by atoms with Crippen molar-refractivity contribution in [1.29, 1.82) is 0 Å². The smallest absolute Gasteiger partial charge is 0.170 e. The van der Waals surface area contributed by atoms with E-state index in [2.05, 4.69) is 17.0 Å². The molecule has 2 rings (SSSR count). The normalized spacial score (nSPS) is 10.6. The lowest BCUT2D eigenvalue weighted by molar-refractivity contribution is 0.0990. The van der Waals surface area contributed by atoms with Gasteiger partial charge in [-0.15, -0.1) is 0 Å². The second-order valence-electron chi connectivity index (χ2n) is 4.46. The number of pyridine rings is 1. The fourth-order valence-electron chi connectivity index (χ4n) is 1.88. The number of nitrogens with zero attached hydrogens (tertiary/aromatic N) is 3. The topological polar surface area (TPSA) is 47.8 Å². The molecule has 0 aliphatic heterocycles. The number of rotatable bonds is 4. The Labute approximate surface area is 107 Å². The Morgan fingerprint density at radius 2 is 2.11 bits per heavy atom. The van der Waals surface area contributed by atoms with Crippen LogP contribution in [0.25, 0.3) is 0 Å². The Morgan fingerprint density at radius 3 is 2.72 bits per heavy atom. The lowest BCUT2D eigenvalue weighted by Crippen LogP contribution is -2.08. The Morgan fingerprint density at radius 1 is 1.33 bits per heavy atom. The van der Waals surface area contributed by atoms with Crippen molar-refractivity contribution in [2.75, 3.05) is 0 Å². The number of aryl methyl sites for hydroxylation is 3. The summed E-state index contributed by atoms with van der Waals surface area (Å²) in [6, 6.07) is 3.85. The average Bonchev–Trinajstić information content (AvgIpc) is 2.70. The molecule has 4 heteroatoms. The van der Waals surface area contributed by atoms with Crippen LogP contribution >= 0.6 is 0 Å². The van der Waals surface area contributed by atoms with Gasteiger partial charge in [-0.25, -0.2) is 0 Å². The summed E-state index contributed by atoms with van der Waals surface area (Å²) in [5.74, 6) is 0.0804. The van der Waals surface area contributed by atoms with Crippen LogP contribution in [0.1, 0.15) is 34.2 Å². The molecule has 2 aromatic rings. The standard InChI is InChI=1S/C14H17N3O/c1-4-12-6-13(17(3)16-12)7-14(18)11-5-10(2)8-15-9-11/h5-6,8-9H,4,7H2,1-3H3. The monoisotopic (exact) mass is 243 g/mol. The van der Waals surface area contributed by atoms with Crippen LogP contribution in [0.3, 0.4) is 0 Å². The van der Waals surface area contributed by atoms with Gasteiger partial charge in [0, 0.05) is 30.7 Å². The highest BCUT2D eigenvalue weighted by atomic mass is 16.1. The first kappa shape index (κ1) is 12.5. The van der Waals surface area contributed by atoms with Gasteiger partial charge in [0.25, 0.3) is 0 Å². The lowest BCUT2D eigenvalue weighted by atomic mass is 10.1. The second-order valence-corrected chi connectivity index (χ2v) is 4.46. The van der Waals surface area contributed by atoms with Crippen molar-refractivity contribution in [3.63, 3.8) is 0 Å². The first-order valence-corrected chi connectivity index (χ1v) is 6.06. The van der Waals surface area contributed by atoms with Crippen molar-refractivity contribution in [2.24, 2.45) is 7.05 Å². The molecular weight excluding hydrogens is 226 g/mol. The predicted molar refractivity (Wildman–Crippen MR) is 69.6 cm³/mol. The van der Waals surface area contributed by atoms with Crippen LogP contribution in [-0.2, 0) is 19.9 Å². The number of carbonyl (C=O) groups is 1. The molecule has 0 unspecified atom stereocenters. The number of ketones is 1. The third-order valence-electron chi connectivity index (χ3n) is 2.93. The first-order chi connectivity index (χ1) is 8.60. The van der Waals surface area contributed by atoms with Crippen LogP contribution in [0.2, 0.25) is 0 Å². The highest BCUT2D eigenvalue weighted by Gasteiger charge is 2.11. The Balaban J connectivity index is 2.18. The zero-order chi connectivity index (χ0) is 13.1. The van der Waals surface area contributed by atoms with E-state index in [1.807, 2.05) is 26.1 Å². The summed E-state index contributed by atoms with van der Waals surface area (Å²) in [6.45, 7) is 3.99. The molecule has 0 saturated carbocycles. The molecule has 0 N–H and O–H groups in total. The molecule has 0 aliphatic carbocycles. The summed E-state index contributed by atoms with van der Waals surface area (Å²) in [5.41, 5.74) is 3.62. The summed E-state index contributed by atoms with van der Waals surface area (Å²) in [6.07, 6.45) is 4.62. The third-order valence-corrected chi connectivity index (χ3v) is 2.93. The van der Waals surface area contributed by atoms with Gasteiger partial charge in [0.15, 0.2) is 5.78 Å². The van der Waals surface area contributed by atoms with Gasteiger partial charge in [0.2, 0.25) is 0 Å². The van der Waals surface area contributed by atoms with E-state index >= 15 is 0 Å². The van der Waals surface area contributed by atoms with Crippen molar-refractivity contribution in [1.82, 2.24) is 14.8 Å². The van der Waals surface area contributed by atoms with Gasteiger partial charge in [-0.3, -0.25) is 14.5 Å². The Kier molecular flexibility index (Phi) is 3.55. The molecule has 0 radical (unpaired) electrons. The minimum Gasteiger partial charge on any atom is -0.294 e. The molecule has 0 amide bonds. The van der Waals surface area contributed by atoms with Crippen LogP contribution in [-0.4, -0.2) is 20.5 Å². The summed E-state index contributed by atoms with van der Waals surface area (Å²) in [4.78, 5) is 16.2. The number of aromatic nitrogens is 3. The number of Topliss-reactive ketones (excluding diaryl/α,β-unsaturated/α-hetero) is 1. The maximum atomic E-state index is 12.1. The van der Waals surface area contributed by atoms with Crippen LogP contribution < -0.4 is 0 Å². The van der Waals surface area contributed by atoms with Gasteiger partial charge < -0.3 is 0 Å². The highest BCUT2D eigenvalue weighted by Crippen LogP contribution is 2.10. The second kappa shape index (κ2) is 5.12. The van der Waals surface area contributed by atoms with Gasteiger partial charge in [-0.05, 0) is 31.0 Å². The molecular formula is C14H17N3O. The molecule has 18 heavy (non-hydrogen) atoms. The largest absolute Gasteiger partial charge is 0.294 e. The van der Waals surface area contributed by atoms with Crippen molar-refractivity contribution in [3.8, 4) is 0 Å². The lowest BCUT2D eigenvalue weighted by Gasteiger charge is -2.02. The van der Waals surface area contributed by atoms with Gasteiger partial charge in [-0.1, -0.05) is 6.92 Å². The highest BCUT2D eigenvalue weighted by molar-refractivity contribution is 5.97. The Hall–Kier alpha value is -1.97. The predicted octanol–water partition coefficient (Wildman–Crippen LogP) is 2.11. The van der Waals surface area contributed by atoms with E-state index in [0.717, 1.165) is 23.4 Å². The van der Waals surface area contributed by atoms with Gasteiger partial charge >= 0.3 is 0 Å². The molecule has 0 atom stereocenters. The van der Waals surface area contributed by atoms with Gasteiger partial charge in [0.1, 0.15) is 0 Å². The zero-order valence-corrected chi connectivity index (χ0v) is 11.0. The van der Waals surface area contributed by atoms with Crippen LogP contribution in [0.15, 0.2) is 24.5 Å². The van der Waals surface area contributed by atoms with E-state index in [4.69, 9.17) is 0 Å². The van der Waals surface area contributed by atoms with E-state index in [9.17, 15) is 4.79 Å². The van der Waals surface area contributed by atoms with Gasteiger partial charge in [0.05, 0.1) is 12.1 Å². The molecule has 94 valence electrons. The Bertz CT molecular complexity index is 572. The molecule has 0 spiro atoms. The fraction of sp³-hybridized carbons (Fsp3) is 0.357. The van der Waals surface area contributed by atoms with Crippen molar-refractivity contribution in [3.05, 3.63) is 47.0 Å². The quantitative estimate of drug-likeness (QED) is 0.773. The SMILES string of the molecule is CCc1cc(CC(=O)c2cncc(C)c2)n(C)n1. The van der Waals surface area contributed by atoms with E-state index in [1.165, 1.54) is 0 Å². The summed E-state index contributed by atoms with van der Waals surface area (Å²) in [5, 5.41) is 4.34. The van der Waals surface area contributed by atoms with Crippen LogP contribution in [0, 0.1) is 6.92 Å². The number of hydrogen-bond donors (Lipinski definition) is 0. The maximum Gasteiger partial charge on any atom is 0.170 e. The van der Waals surface area contributed by atoms with E-state index in [1.54, 1.807) is 17.1 Å². The van der Waals surface area contributed by atoms with Crippen molar-refractivity contribution >= 4 is 5.78 Å².